The van der Waals surface area contributed by atoms with E-state index in [1.165, 1.54) is 6.39 Å². The van der Waals surface area contributed by atoms with Crippen LogP contribution >= 0.6 is 11.6 Å². The highest BCUT2D eigenvalue weighted by Gasteiger charge is 2.08. The molecule has 6 nitrogen and oxygen atoms in total. The van der Waals surface area contributed by atoms with Crippen LogP contribution in [0, 0.1) is 0 Å². The van der Waals surface area contributed by atoms with Crippen LogP contribution in [0.15, 0.2) is 70.0 Å². The van der Waals surface area contributed by atoms with Crippen molar-refractivity contribution in [3.8, 4) is 28.5 Å². The zero-order valence-corrected chi connectivity index (χ0v) is 13.7. The minimum Gasteiger partial charge on any atom is -0.484 e. The summed E-state index contributed by atoms with van der Waals surface area (Å²) in [6, 6.07) is 14.7. The molecule has 0 aliphatic heterocycles. The molecule has 0 spiro atoms. The first-order chi connectivity index (χ1) is 12.3. The maximum atomic E-state index is 5.99. The molecule has 2 aromatic carbocycles. The van der Waals surface area contributed by atoms with Gasteiger partial charge < -0.3 is 13.6 Å². The van der Waals surface area contributed by atoms with E-state index >= 15 is 0 Å². The molecule has 0 amide bonds. The molecular formula is C18H12ClN3O3. The normalized spacial score (nSPS) is 10.8. The van der Waals surface area contributed by atoms with Crippen molar-refractivity contribution in [3.05, 3.63) is 72.0 Å². The van der Waals surface area contributed by atoms with Crippen molar-refractivity contribution in [2.75, 3.05) is 0 Å². The monoisotopic (exact) mass is 353 g/mol. The molecule has 2 aromatic heterocycles. The summed E-state index contributed by atoms with van der Waals surface area (Å²) in [6.45, 7) is 0.223. The molecule has 25 heavy (non-hydrogen) atoms. The smallest absolute Gasteiger partial charge is 0.247 e. The van der Waals surface area contributed by atoms with Crippen molar-refractivity contribution < 1.29 is 13.6 Å². The number of benzene rings is 2. The predicted molar refractivity (Wildman–Crippen MR) is 91.0 cm³/mol. The van der Waals surface area contributed by atoms with Gasteiger partial charge in [-0.1, -0.05) is 23.7 Å². The van der Waals surface area contributed by atoms with E-state index in [1.807, 2.05) is 48.5 Å². The van der Waals surface area contributed by atoms with Crippen molar-refractivity contribution in [1.29, 1.82) is 0 Å². The van der Waals surface area contributed by atoms with Crippen LogP contribution < -0.4 is 4.74 Å². The first kappa shape index (κ1) is 15.4. The molecule has 0 fully saturated rings. The average molecular weight is 354 g/mol. The third-order valence-electron chi connectivity index (χ3n) is 3.49. The lowest BCUT2D eigenvalue weighted by molar-refractivity contribution is 0.264. The Labute approximate surface area is 148 Å². The zero-order valence-electron chi connectivity index (χ0n) is 12.9. The molecule has 0 radical (unpaired) electrons. The Morgan fingerprint density at radius 3 is 2.68 bits per heavy atom. The lowest BCUT2D eigenvalue weighted by atomic mass is 10.2. The second-order valence-corrected chi connectivity index (χ2v) is 5.62. The number of oxazole rings is 1. The van der Waals surface area contributed by atoms with Crippen molar-refractivity contribution in [2.24, 2.45) is 0 Å². The molecule has 0 unspecified atom stereocenters. The standard InChI is InChI=1S/C18H12ClN3O3/c19-14-3-1-2-13(8-14)16-9-20-17(25-16)10-23-15-6-4-12(5-7-15)18-22-21-11-24-18/h1-9,11H,10H2. The third kappa shape index (κ3) is 3.54. The molecular weight excluding hydrogens is 342 g/mol. The van der Waals surface area contributed by atoms with Crippen LogP contribution in [-0.2, 0) is 6.61 Å². The van der Waals surface area contributed by atoms with Gasteiger partial charge in [0.1, 0.15) is 5.75 Å². The van der Waals surface area contributed by atoms with E-state index in [1.54, 1.807) is 6.20 Å². The van der Waals surface area contributed by atoms with Gasteiger partial charge in [-0.15, -0.1) is 10.2 Å². The molecule has 7 heteroatoms. The summed E-state index contributed by atoms with van der Waals surface area (Å²) in [5.41, 5.74) is 1.69. The number of halogens is 1. The van der Waals surface area contributed by atoms with Crippen LogP contribution in [0.2, 0.25) is 5.02 Å². The molecule has 0 saturated carbocycles. The average Bonchev–Trinajstić information content (AvgIpc) is 3.32. The Morgan fingerprint density at radius 1 is 1.04 bits per heavy atom. The summed E-state index contributed by atoms with van der Waals surface area (Å²) in [6.07, 6.45) is 2.95. The van der Waals surface area contributed by atoms with Gasteiger partial charge >= 0.3 is 0 Å². The van der Waals surface area contributed by atoms with Crippen molar-refractivity contribution >= 4 is 11.6 Å². The molecule has 0 bridgehead atoms. The van der Waals surface area contributed by atoms with E-state index in [4.69, 9.17) is 25.2 Å². The van der Waals surface area contributed by atoms with Crippen LogP contribution in [0.4, 0.5) is 0 Å². The minimum atomic E-state index is 0.223. The number of rotatable bonds is 5. The fourth-order valence-corrected chi connectivity index (χ4v) is 2.48. The number of hydrogen-bond donors (Lipinski definition) is 0. The molecule has 0 atom stereocenters. The molecule has 0 aliphatic rings. The van der Waals surface area contributed by atoms with Crippen molar-refractivity contribution in [2.45, 2.75) is 6.61 Å². The Kier molecular flexibility index (Phi) is 4.18. The van der Waals surface area contributed by atoms with E-state index in [2.05, 4.69) is 15.2 Å². The van der Waals surface area contributed by atoms with Gasteiger partial charge in [0.15, 0.2) is 12.4 Å². The molecule has 4 rings (SSSR count). The summed E-state index contributed by atoms with van der Waals surface area (Å²) in [5, 5.41) is 8.15. The second kappa shape index (κ2) is 6.78. The zero-order chi connectivity index (χ0) is 17.1. The van der Waals surface area contributed by atoms with E-state index in [-0.39, 0.29) is 6.61 Å². The Morgan fingerprint density at radius 2 is 1.92 bits per heavy atom. The van der Waals surface area contributed by atoms with Crippen LogP contribution in [0.5, 0.6) is 5.75 Å². The van der Waals surface area contributed by atoms with Gasteiger partial charge in [0.25, 0.3) is 0 Å². The highest BCUT2D eigenvalue weighted by molar-refractivity contribution is 6.30. The molecule has 0 N–H and O–H groups in total. The van der Waals surface area contributed by atoms with Gasteiger partial charge in [0, 0.05) is 16.1 Å². The third-order valence-corrected chi connectivity index (χ3v) is 3.72. The van der Waals surface area contributed by atoms with E-state index in [0.29, 0.717) is 28.3 Å². The lowest BCUT2D eigenvalue weighted by Crippen LogP contribution is -1.95. The maximum Gasteiger partial charge on any atom is 0.247 e. The van der Waals surface area contributed by atoms with Crippen molar-refractivity contribution in [3.63, 3.8) is 0 Å². The summed E-state index contributed by atoms with van der Waals surface area (Å²) in [7, 11) is 0. The fraction of sp³-hybridized carbons (Fsp3) is 0.0556. The summed E-state index contributed by atoms with van der Waals surface area (Å²) < 4.78 is 16.5. The van der Waals surface area contributed by atoms with Crippen LogP contribution in [0.3, 0.4) is 0 Å². The number of ether oxygens (including phenoxy) is 1. The highest BCUT2D eigenvalue weighted by atomic mass is 35.5. The van der Waals surface area contributed by atoms with Gasteiger partial charge in [-0.25, -0.2) is 4.98 Å². The van der Waals surface area contributed by atoms with Gasteiger partial charge in [-0.3, -0.25) is 0 Å². The fourth-order valence-electron chi connectivity index (χ4n) is 2.29. The summed E-state index contributed by atoms with van der Waals surface area (Å²) in [5.74, 6) is 2.28. The number of nitrogens with zero attached hydrogens (tertiary/aromatic N) is 3. The Hall–Kier alpha value is -3.12. The van der Waals surface area contributed by atoms with E-state index in [0.717, 1.165) is 11.1 Å². The van der Waals surface area contributed by atoms with Gasteiger partial charge in [-0.05, 0) is 36.4 Å². The number of hydrogen-bond acceptors (Lipinski definition) is 6. The topological polar surface area (TPSA) is 74.2 Å². The molecule has 4 aromatic rings. The number of aromatic nitrogens is 3. The van der Waals surface area contributed by atoms with Crippen LogP contribution in [-0.4, -0.2) is 15.2 Å². The SMILES string of the molecule is Clc1cccc(-c2cnc(COc3ccc(-c4nnco4)cc3)o2)c1. The summed E-state index contributed by atoms with van der Waals surface area (Å²) in [4.78, 5) is 4.23. The predicted octanol–water partition coefficient (Wildman–Crippen LogP) is 4.62. The second-order valence-electron chi connectivity index (χ2n) is 5.19. The van der Waals surface area contributed by atoms with Gasteiger partial charge in [0.2, 0.25) is 18.2 Å². The quantitative estimate of drug-likeness (QED) is 0.521. The van der Waals surface area contributed by atoms with Crippen LogP contribution in [0.25, 0.3) is 22.8 Å². The molecule has 0 saturated heterocycles. The first-order valence-electron chi connectivity index (χ1n) is 7.48. The van der Waals surface area contributed by atoms with Crippen LogP contribution in [0.1, 0.15) is 5.89 Å². The molecule has 2 heterocycles. The Bertz CT molecular complexity index is 965. The lowest BCUT2D eigenvalue weighted by Gasteiger charge is -2.04. The van der Waals surface area contributed by atoms with Gasteiger partial charge in [0.05, 0.1) is 6.20 Å². The largest absolute Gasteiger partial charge is 0.484 e. The Balaban J connectivity index is 1.42. The molecule has 0 aliphatic carbocycles. The first-order valence-corrected chi connectivity index (χ1v) is 7.86. The minimum absolute atomic E-state index is 0.223. The van der Waals surface area contributed by atoms with E-state index in [9.17, 15) is 0 Å². The maximum absolute atomic E-state index is 5.99. The molecule has 124 valence electrons. The van der Waals surface area contributed by atoms with Crippen molar-refractivity contribution in [1.82, 2.24) is 15.2 Å². The van der Waals surface area contributed by atoms with E-state index < -0.39 is 0 Å². The van der Waals surface area contributed by atoms with Gasteiger partial charge in [-0.2, -0.15) is 0 Å². The summed E-state index contributed by atoms with van der Waals surface area (Å²) >= 11 is 5.99. The highest BCUT2D eigenvalue weighted by Crippen LogP contribution is 2.24.